The summed E-state index contributed by atoms with van der Waals surface area (Å²) in [7, 11) is 0. The Labute approximate surface area is 112 Å². The van der Waals surface area contributed by atoms with Crippen molar-refractivity contribution < 1.29 is 9.21 Å². The second kappa shape index (κ2) is 6.00. The summed E-state index contributed by atoms with van der Waals surface area (Å²) in [5, 5.41) is 4.06. The molecule has 2 rings (SSSR count). The molecule has 1 aromatic heterocycles. The van der Waals surface area contributed by atoms with E-state index in [2.05, 4.69) is 10.5 Å². The van der Waals surface area contributed by atoms with Crippen molar-refractivity contribution in [3.05, 3.63) is 59.5 Å². The van der Waals surface area contributed by atoms with Gasteiger partial charge in [0.1, 0.15) is 5.76 Å². The fourth-order valence-corrected chi connectivity index (χ4v) is 1.69. The largest absolute Gasteiger partial charge is 0.456 e. The van der Waals surface area contributed by atoms with Gasteiger partial charge in [-0.1, -0.05) is 30.3 Å². The number of rotatable bonds is 4. The summed E-state index contributed by atoms with van der Waals surface area (Å²) in [5.74, 6) is 0.643. The monoisotopic (exact) mass is 256 g/mol. The van der Waals surface area contributed by atoms with Crippen molar-refractivity contribution in [3.63, 3.8) is 0 Å². The van der Waals surface area contributed by atoms with Crippen molar-refractivity contribution in [2.45, 2.75) is 20.3 Å². The van der Waals surface area contributed by atoms with E-state index >= 15 is 0 Å². The molecule has 0 aliphatic rings. The number of nitrogens with one attached hydrogen (secondary N) is 1. The third-order valence-electron chi connectivity index (χ3n) is 2.62. The lowest BCUT2D eigenvalue weighted by atomic mass is 10.1. The Bertz CT molecular complexity index is 585. The van der Waals surface area contributed by atoms with Crippen molar-refractivity contribution in [3.8, 4) is 0 Å². The van der Waals surface area contributed by atoms with Gasteiger partial charge in [-0.15, -0.1) is 0 Å². The molecule has 0 aliphatic carbocycles. The Morgan fingerprint density at radius 2 is 1.95 bits per heavy atom. The van der Waals surface area contributed by atoms with E-state index in [4.69, 9.17) is 4.42 Å². The van der Waals surface area contributed by atoms with Gasteiger partial charge in [0.15, 0.2) is 5.76 Å². The average molecular weight is 256 g/mol. The van der Waals surface area contributed by atoms with Gasteiger partial charge in [0.25, 0.3) is 0 Å². The van der Waals surface area contributed by atoms with Gasteiger partial charge >= 0.3 is 5.91 Å². The lowest BCUT2D eigenvalue weighted by Gasteiger charge is -2.01. The van der Waals surface area contributed by atoms with Crippen LogP contribution in [-0.2, 0) is 6.42 Å². The van der Waals surface area contributed by atoms with Gasteiger partial charge in [-0.2, -0.15) is 5.10 Å². The summed E-state index contributed by atoms with van der Waals surface area (Å²) in [5.41, 5.74) is 4.48. The molecule has 0 aliphatic heterocycles. The zero-order valence-electron chi connectivity index (χ0n) is 11.0. The topological polar surface area (TPSA) is 54.6 Å². The van der Waals surface area contributed by atoms with Crippen LogP contribution in [0, 0.1) is 6.92 Å². The number of hydrogen-bond acceptors (Lipinski definition) is 3. The molecule has 0 atom stereocenters. The molecule has 1 heterocycles. The van der Waals surface area contributed by atoms with E-state index in [9.17, 15) is 4.79 Å². The zero-order chi connectivity index (χ0) is 13.7. The van der Waals surface area contributed by atoms with E-state index in [0.29, 0.717) is 12.2 Å². The van der Waals surface area contributed by atoms with Gasteiger partial charge in [0.2, 0.25) is 0 Å². The maximum absolute atomic E-state index is 11.7. The van der Waals surface area contributed by atoms with E-state index in [1.807, 2.05) is 37.3 Å². The molecule has 1 amide bonds. The first-order valence-corrected chi connectivity index (χ1v) is 6.09. The normalized spacial score (nSPS) is 11.4. The molecule has 0 radical (unpaired) electrons. The quantitative estimate of drug-likeness (QED) is 0.675. The summed E-state index contributed by atoms with van der Waals surface area (Å²) in [4.78, 5) is 11.7. The van der Waals surface area contributed by atoms with Crippen LogP contribution in [0.15, 0.2) is 52.0 Å². The van der Waals surface area contributed by atoms with Crippen LogP contribution >= 0.6 is 0 Å². The number of aryl methyl sites for hydroxylation is 1. The summed E-state index contributed by atoms with van der Waals surface area (Å²) in [6.45, 7) is 3.67. The van der Waals surface area contributed by atoms with Crippen LogP contribution in [0.3, 0.4) is 0 Å². The molecule has 1 aromatic carbocycles. The number of hydrogen-bond donors (Lipinski definition) is 1. The number of carbonyl (C=O) groups excluding carboxylic acids is 1. The van der Waals surface area contributed by atoms with Crippen LogP contribution in [0.1, 0.15) is 28.8 Å². The molecule has 4 nitrogen and oxygen atoms in total. The summed E-state index contributed by atoms with van der Waals surface area (Å²) in [6.07, 6.45) is 0.707. The van der Waals surface area contributed by atoms with Crippen molar-refractivity contribution in [1.29, 1.82) is 0 Å². The minimum atomic E-state index is -0.333. The SMILES string of the molecule is CC(Cc1ccccc1)=NNC(=O)c1ccc(C)o1. The van der Waals surface area contributed by atoms with Crippen LogP contribution < -0.4 is 5.43 Å². The number of benzene rings is 1. The molecule has 98 valence electrons. The maximum Gasteiger partial charge on any atom is 0.307 e. The van der Waals surface area contributed by atoms with Gasteiger partial charge in [-0.05, 0) is 31.5 Å². The van der Waals surface area contributed by atoms with E-state index in [-0.39, 0.29) is 11.7 Å². The number of carbonyl (C=O) groups is 1. The molecule has 0 saturated carbocycles. The molecule has 2 aromatic rings. The van der Waals surface area contributed by atoms with Crippen molar-refractivity contribution in [2.24, 2.45) is 5.10 Å². The average Bonchev–Trinajstić information content (AvgIpc) is 2.84. The number of amides is 1. The molecule has 0 spiro atoms. The van der Waals surface area contributed by atoms with Gasteiger partial charge in [0.05, 0.1) is 0 Å². The minimum Gasteiger partial charge on any atom is -0.456 e. The molecule has 4 heteroatoms. The standard InChI is InChI=1S/C15H16N2O2/c1-11(10-13-6-4-3-5-7-13)16-17-15(18)14-9-8-12(2)19-14/h3-9H,10H2,1-2H3,(H,17,18). The molecular formula is C15H16N2O2. The Balaban J connectivity index is 1.93. The fourth-order valence-electron chi connectivity index (χ4n) is 1.69. The molecular weight excluding hydrogens is 240 g/mol. The molecule has 0 bridgehead atoms. The van der Waals surface area contributed by atoms with Gasteiger partial charge in [-0.3, -0.25) is 4.79 Å². The highest BCUT2D eigenvalue weighted by Gasteiger charge is 2.08. The molecule has 0 saturated heterocycles. The molecule has 0 unspecified atom stereocenters. The van der Waals surface area contributed by atoms with Crippen molar-refractivity contribution in [1.82, 2.24) is 5.43 Å². The lowest BCUT2D eigenvalue weighted by molar-refractivity contribution is 0.0926. The summed E-state index contributed by atoms with van der Waals surface area (Å²) < 4.78 is 5.21. The predicted octanol–water partition coefficient (Wildman–Crippen LogP) is 2.94. The molecule has 19 heavy (non-hydrogen) atoms. The van der Waals surface area contributed by atoms with E-state index in [0.717, 1.165) is 11.3 Å². The second-order valence-corrected chi connectivity index (χ2v) is 4.36. The predicted molar refractivity (Wildman–Crippen MR) is 74.2 cm³/mol. The third kappa shape index (κ3) is 3.81. The first-order chi connectivity index (χ1) is 9.15. The number of hydrazone groups is 1. The highest BCUT2D eigenvalue weighted by atomic mass is 16.3. The molecule has 1 N–H and O–H groups in total. The van der Waals surface area contributed by atoms with Crippen molar-refractivity contribution >= 4 is 11.6 Å². The zero-order valence-corrected chi connectivity index (χ0v) is 11.0. The van der Waals surface area contributed by atoms with Gasteiger partial charge < -0.3 is 4.42 Å². The van der Waals surface area contributed by atoms with Crippen LogP contribution in [0.5, 0.6) is 0 Å². The smallest absolute Gasteiger partial charge is 0.307 e. The van der Waals surface area contributed by atoms with E-state index in [1.54, 1.807) is 19.1 Å². The second-order valence-electron chi connectivity index (χ2n) is 4.36. The van der Waals surface area contributed by atoms with Crippen LogP contribution in [0.2, 0.25) is 0 Å². The van der Waals surface area contributed by atoms with Crippen molar-refractivity contribution in [2.75, 3.05) is 0 Å². The summed E-state index contributed by atoms with van der Waals surface area (Å²) in [6, 6.07) is 13.4. The third-order valence-corrected chi connectivity index (χ3v) is 2.62. The Hall–Kier alpha value is -2.36. The van der Waals surface area contributed by atoms with Crippen LogP contribution in [-0.4, -0.2) is 11.6 Å². The Morgan fingerprint density at radius 3 is 2.58 bits per heavy atom. The van der Waals surface area contributed by atoms with Crippen LogP contribution in [0.4, 0.5) is 0 Å². The maximum atomic E-state index is 11.7. The lowest BCUT2D eigenvalue weighted by Crippen LogP contribution is -2.19. The first-order valence-electron chi connectivity index (χ1n) is 6.09. The van der Waals surface area contributed by atoms with E-state index < -0.39 is 0 Å². The summed E-state index contributed by atoms with van der Waals surface area (Å²) >= 11 is 0. The van der Waals surface area contributed by atoms with Crippen LogP contribution in [0.25, 0.3) is 0 Å². The van der Waals surface area contributed by atoms with Gasteiger partial charge in [-0.25, -0.2) is 5.43 Å². The molecule has 0 fully saturated rings. The first kappa shape index (κ1) is 13.1. The minimum absolute atomic E-state index is 0.272. The number of nitrogens with zero attached hydrogens (tertiary/aromatic N) is 1. The highest BCUT2D eigenvalue weighted by Crippen LogP contribution is 2.06. The highest BCUT2D eigenvalue weighted by molar-refractivity contribution is 5.93. The van der Waals surface area contributed by atoms with Gasteiger partial charge in [0, 0.05) is 12.1 Å². The number of furan rings is 1. The van der Waals surface area contributed by atoms with E-state index in [1.165, 1.54) is 0 Å². The fraction of sp³-hybridized carbons (Fsp3) is 0.200. The Morgan fingerprint density at radius 1 is 1.21 bits per heavy atom. The Kier molecular flexibility index (Phi) is 4.13.